The summed E-state index contributed by atoms with van der Waals surface area (Å²) < 4.78 is 6.81. The van der Waals surface area contributed by atoms with E-state index in [2.05, 4.69) is 33.4 Å². The van der Waals surface area contributed by atoms with Gasteiger partial charge >= 0.3 is 0 Å². The van der Waals surface area contributed by atoms with Crippen molar-refractivity contribution in [2.45, 2.75) is 18.4 Å². The summed E-state index contributed by atoms with van der Waals surface area (Å²) in [5.74, 6) is 0.932. The lowest BCUT2D eigenvalue weighted by atomic mass is 9.82. The van der Waals surface area contributed by atoms with Crippen LogP contribution in [0, 0.1) is 0 Å². The average molecular weight is 324 g/mol. The number of para-hydroxylation sites is 1. The number of hydrogen-bond acceptors (Lipinski definition) is 3. The second kappa shape index (κ2) is 4.68. The maximum Gasteiger partial charge on any atom is 0.124 e. The van der Waals surface area contributed by atoms with Crippen molar-refractivity contribution in [3.05, 3.63) is 50.6 Å². The van der Waals surface area contributed by atoms with Crippen LogP contribution in [0.5, 0.6) is 5.75 Å². The number of thiophene rings is 1. The Labute approximate surface area is 119 Å². The van der Waals surface area contributed by atoms with Gasteiger partial charge in [-0.05, 0) is 28.1 Å². The number of fused-ring (bicyclic) bond motifs is 1. The third kappa shape index (κ3) is 2.20. The van der Waals surface area contributed by atoms with Gasteiger partial charge in [0, 0.05) is 33.1 Å². The molecule has 2 nitrogen and oxygen atoms in total. The Hall–Kier alpha value is -0.840. The quantitative estimate of drug-likeness (QED) is 0.914. The van der Waals surface area contributed by atoms with Gasteiger partial charge in [0.1, 0.15) is 5.75 Å². The van der Waals surface area contributed by atoms with Crippen LogP contribution in [0.2, 0.25) is 0 Å². The van der Waals surface area contributed by atoms with E-state index < -0.39 is 0 Å². The van der Waals surface area contributed by atoms with Crippen molar-refractivity contribution in [1.82, 2.24) is 0 Å². The number of ether oxygens (including phenoxy) is 1. The third-order valence-electron chi connectivity index (χ3n) is 3.34. The predicted molar refractivity (Wildman–Crippen MR) is 78.1 cm³/mol. The Balaban J connectivity index is 1.95. The van der Waals surface area contributed by atoms with E-state index in [1.807, 2.05) is 18.2 Å². The Kier molecular flexibility index (Phi) is 3.18. The van der Waals surface area contributed by atoms with Crippen molar-refractivity contribution in [3.63, 3.8) is 0 Å². The predicted octanol–water partition coefficient (Wildman–Crippen LogP) is 3.69. The molecule has 3 rings (SSSR count). The first kappa shape index (κ1) is 12.2. The second-order valence-electron chi connectivity index (χ2n) is 4.66. The smallest absolute Gasteiger partial charge is 0.124 e. The summed E-state index contributed by atoms with van der Waals surface area (Å²) in [5.41, 5.74) is 7.44. The zero-order valence-electron chi connectivity index (χ0n) is 9.86. The van der Waals surface area contributed by atoms with Gasteiger partial charge in [0.2, 0.25) is 0 Å². The zero-order valence-corrected chi connectivity index (χ0v) is 12.3. The fraction of sp³-hybridized carbons (Fsp3) is 0.286. The molecule has 2 aromatic rings. The van der Waals surface area contributed by atoms with Crippen LogP contribution in [0.4, 0.5) is 0 Å². The summed E-state index contributed by atoms with van der Waals surface area (Å²) in [6.45, 7) is 0.695. The third-order valence-corrected chi connectivity index (χ3v) is 5.04. The normalized spacial score (nSPS) is 22.3. The molecule has 94 valence electrons. The van der Waals surface area contributed by atoms with Crippen LogP contribution in [0.15, 0.2) is 40.2 Å². The maximum absolute atomic E-state index is 6.62. The molecule has 0 saturated heterocycles. The fourth-order valence-corrected chi connectivity index (χ4v) is 4.00. The molecule has 1 aromatic heterocycles. The van der Waals surface area contributed by atoms with E-state index >= 15 is 0 Å². The highest BCUT2D eigenvalue weighted by Gasteiger charge is 2.34. The summed E-state index contributed by atoms with van der Waals surface area (Å²) >= 11 is 5.24. The topological polar surface area (TPSA) is 35.2 Å². The Morgan fingerprint density at radius 2 is 2.22 bits per heavy atom. The molecule has 1 aliphatic rings. The molecular formula is C14H14BrNOS. The lowest BCUT2D eigenvalue weighted by Crippen LogP contribution is -2.43. The van der Waals surface area contributed by atoms with Crippen molar-refractivity contribution in [2.24, 2.45) is 5.73 Å². The van der Waals surface area contributed by atoms with Crippen LogP contribution >= 0.6 is 27.3 Å². The van der Waals surface area contributed by atoms with Gasteiger partial charge in [-0.1, -0.05) is 18.2 Å². The van der Waals surface area contributed by atoms with Gasteiger partial charge in [-0.25, -0.2) is 0 Å². The van der Waals surface area contributed by atoms with Gasteiger partial charge in [-0.15, -0.1) is 11.3 Å². The lowest BCUT2D eigenvalue weighted by molar-refractivity contribution is 0.216. The summed E-state index contributed by atoms with van der Waals surface area (Å²) in [6, 6.07) is 10.3. The molecule has 1 aromatic carbocycles. The van der Waals surface area contributed by atoms with Gasteiger partial charge in [-0.2, -0.15) is 0 Å². The molecule has 2 heterocycles. The Morgan fingerprint density at radius 3 is 3.00 bits per heavy atom. The first-order chi connectivity index (χ1) is 8.67. The molecule has 1 aliphatic heterocycles. The van der Waals surface area contributed by atoms with Crippen LogP contribution in [-0.4, -0.2) is 6.61 Å². The Morgan fingerprint density at radius 1 is 1.39 bits per heavy atom. The van der Waals surface area contributed by atoms with Gasteiger partial charge < -0.3 is 10.5 Å². The number of hydrogen-bond donors (Lipinski definition) is 1. The molecule has 0 aliphatic carbocycles. The molecule has 1 unspecified atom stereocenters. The maximum atomic E-state index is 6.62. The van der Waals surface area contributed by atoms with E-state index in [9.17, 15) is 0 Å². The van der Waals surface area contributed by atoms with E-state index in [4.69, 9.17) is 10.5 Å². The van der Waals surface area contributed by atoms with Crippen molar-refractivity contribution in [1.29, 1.82) is 0 Å². The van der Waals surface area contributed by atoms with Gasteiger partial charge in [-0.3, -0.25) is 0 Å². The monoisotopic (exact) mass is 323 g/mol. The highest BCUT2D eigenvalue weighted by Crippen LogP contribution is 2.38. The zero-order chi connectivity index (χ0) is 12.6. The summed E-state index contributed by atoms with van der Waals surface area (Å²) in [6.07, 6.45) is 1.73. The van der Waals surface area contributed by atoms with Gasteiger partial charge in [0.15, 0.2) is 0 Å². The molecule has 0 spiro atoms. The van der Waals surface area contributed by atoms with Crippen LogP contribution in [-0.2, 0) is 12.0 Å². The molecule has 18 heavy (non-hydrogen) atoms. The van der Waals surface area contributed by atoms with Crippen molar-refractivity contribution in [2.75, 3.05) is 6.61 Å². The van der Waals surface area contributed by atoms with Gasteiger partial charge in [0.05, 0.1) is 12.1 Å². The van der Waals surface area contributed by atoms with Crippen LogP contribution in [0.25, 0.3) is 0 Å². The van der Waals surface area contributed by atoms with E-state index in [1.165, 1.54) is 4.88 Å². The molecule has 0 bridgehead atoms. The summed E-state index contributed by atoms with van der Waals surface area (Å²) in [5, 5.41) is 2.10. The molecule has 1 atom stereocenters. The van der Waals surface area contributed by atoms with Crippen LogP contribution in [0.3, 0.4) is 0 Å². The van der Waals surface area contributed by atoms with E-state index in [0.717, 1.165) is 28.6 Å². The van der Waals surface area contributed by atoms with E-state index in [1.54, 1.807) is 11.3 Å². The SMILES string of the molecule is NC1(Cc2cc(Br)cs2)CCOc2ccccc21. The minimum Gasteiger partial charge on any atom is -0.493 e. The first-order valence-electron chi connectivity index (χ1n) is 5.91. The molecule has 0 amide bonds. The lowest BCUT2D eigenvalue weighted by Gasteiger charge is -2.35. The van der Waals surface area contributed by atoms with Gasteiger partial charge in [0.25, 0.3) is 0 Å². The molecule has 0 radical (unpaired) electrons. The number of halogens is 1. The highest BCUT2D eigenvalue weighted by molar-refractivity contribution is 9.10. The minimum atomic E-state index is -0.306. The molecule has 4 heteroatoms. The average Bonchev–Trinajstić information content (AvgIpc) is 2.75. The van der Waals surface area contributed by atoms with Crippen LogP contribution in [0.1, 0.15) is 16.9 Å². The van der Waals surface area contributed by atoms with Crippen molar-refractivity contribution in [3.8, 4) is 5.75 Å². The Bertz CT molecular complexity index is 568. The van der Waals surface area contributed by atoms with Crippen LogP contribution < -0.4 is 10.5 Å². The fourth-order valence-electron chi connectivity index (χ4n) is 2.42. The standard InChI is InChI=1S/C14H14BrNOS/c15-10-7-11(18-9-10)8-14(16)5-6-17-13-4-2-1-3-12(13)14/h1-4,7,9H,5-6,8,16H2. The summed E-state index contributed by atoms with van der Waals surface area (Å²) in [4.78, 5) is 1.31. The highest BCUT2D eigenvalue weighted by atomic mass is 79.9. The largest absolute Gasteiger partial charge is 0.493 e. The molecule has 0 saturated carbocycles. The molecule has 2 N–H and O–H groups in total. The molecule has 0 fully saturated rings. The number of rotatable bonds is 2. The first-order valence-corrected chi connectivity index (χ1v) is 7.59. The molecular weight excluding hydrogens is 310 g/mol. The van der Waals surface area contributed by atoms with Crippen molar-refractivity contribution >= 4 is 27.3 Å². The second-order valence-corrected chi connectivity index (χ2v) is 6.57. The number of benzene rings is 1. The summed E-state index contributed by atoms with van der Waals surface area (Å²) in [7, 11) is 0. The number of nitrogens with two attached hydrogens (primary N) is 1. The minimum absolute atomic E-state index is 0.306. The van der Waals surface area contributed by atoms with Crippen molar-refractivity contribution < 1.29 is 4.74 Å². The van der Waals surface area contributed by atoms with E-state index in [-0.39, 0.29) is 5.54 Å². The van der Waals surface area contributed by atoms with E-state index in [0.29, 0.717) is 6.61 Å².